The van der Waals surface area contributed by atoms with Crippen LogP contribution in [0.3, 0.4) is 0 Å². The average molecular weight is 383 g/mol. The van der Waals surface area contributed by atoms with Crippen molar-refractivity contribution >= 4 is 17.5 Å². The Labute approximate surface area is 166 Å². The van der Waals surface area contributed by atoms with Crippen molar-refractivity contribution in [3.63, 3.8) is 0 Å². The number of benzene rings is 1. The smallest absolute Gasteiger partial charge is 0.287 e. The number of furan rings is 1. The zero-order valence-corrected chi connectivity index (χ0v) is 17.1. The molecule has 28 heavy (non-hydrogen) atoms. The summed E-state index contributed by atoms with van der Waals surface area (Å²) in [6.07, 6.45) is 1.45. The Morgan fingerprint density at radius 3 is 2.36 bits per heavy atom. The lowest BCUT2D eigenvalue weighted by molar-refractivity contribution is -0.134. The Morgan fingerprint density at radius 2 is 1.75 bits per heavy atom. The minimum Gasteiger partial charge on any atom is -0.459 e. The van der Waals surface area contributed by atoms with Gasteiger partial charge in [-0.2, -0.15) is 0 Å². The summed E-state index contributed by atoms with van der Waals surface area (Å²) in [5.41, 5.74) is 3.79. The highest BCUT2D eigenvalue weighted by Gasteiger charge is 2.31. The third kappa shape index (κ3) is 4.21. The summed E-state index contributed by atoms with van der Waals surface area (Å²) in [7, 11) is 0. The number of nitrogens with one attached hydrogen (secondary N) is 1. The number of aryl methyl sites for hydroxylation is 1. The molecular weight excluding hydrogens is 354 g/mol. The summed E-state index contributed by atoms with van der Waals surface area (Å²) in [5.74, 6) is -0.178. The summed E-state index contributed by atoms with van der Waals surface area (Å²) in [6.45, 7) is 11.0. The van der Waals surface area contributed by atoms with Crippen molar-refractivity contribution in [1.82, 2.24) is 10.2 Å². The molecule has 1 aromatic heterocycles. The Balaban J connectivity index is 1.64. The van der Waals surface area contributed by atoms with E-state index in [4.69, 9.17) is 4.42 Å². The quantitative estimate of drug-likeness (QED) is 0.862. The summed E-state index contributed by atoms with van der Waals surface area (Å²) in [4.78, 5) is 29.6. The number of carbonyl (C=O) groups excluding carboxylic acids is 2. The highest BCUT2D eigenvalue weighted by Crippen LogP contribution is 2.24. The van der Waals surface area contributed by atoms with E-state index in [1.807, 2.05) is 18.7 Å². The van der Waals surface area contributed by atoms with E-state index < -0.39 is 6.04 Å². The monoisotopic (exact) mass is 383 g/mol. The minimum absolute atomic E-state index is 0.0107. The van der Waals surface area contributed by atoms with Gasteiger partial charge in [-0.15, -0.1) is 0 Å². The summed E-state index contributed by atoms with van der Waals surface area (Å²) in [5, 5.41) is 2.84. The van der Waals surface area contributed by atoms with Gasteiger partial charge in [-0.1, -0.05) is 26.0 Å². The summed E-state index contributed by atoms with van der Waals surface area (Å²) in [6, 6.07) is 9.03. The lowest BCUT2D eigenvalue weighted by atomic mass is 10.0. The van der Waals surface area contributed by atoms with Crippen molar-refractivity contribution < 1.29 is 14.0 Å². The molecule has 1 aromatic carbocycles. The average Bonchev–Trinajstić information content (AvgIpc) is 3.22. The number of piperazine rings is 1. The fourth-order valence-electron chi connectivity index (χ4n) is 3.58. The van der Waals surface area contributed by atoms with E-state index in [9.17, 15) is 9.59 Å². The van der Waals surface area contributed by atoms with Crippen LogP contribution in [0.2, 0.25) is 0 Å². The predicted octanol–water partition coefficient (Wildman–Crippen LogP) is 3.00. The lowest BCUT2D eigenvalue weighted by Crippen LogP contribution is -2.56. The Bertz CT molecular complexity index is 822. The van der Waals surface area contributed by atoms with Crippen molar-refractivity contribution in [3.05, 3.63) is 53.5 Å². The second-order valence-corrected chi connectivity index (χ2v) is 7.70. The van der Waals surface area contributed by atoms with Crippen LogP contribution in [-0.4, -0.2) is 48.9 Å². The number of amides is 2. The van der Waals surface area contributed by atoms with Crippen molar-refractivity contribution in [2.75, 3.05) is 31.1 Å². The number of hydrogen-bond donors (Lipinski definition) is 1. The molecule has 0 bridgehead atoms. The van der Waals surface area contributed by atoms with E-state index in [2.05, 4.69) is 42.3 Å². The van der Waals surface area contributed by atoms with E-state index in [0.717, 1.165) is 13.1 Å². The number of carbonyl (C=O) groups is 2. The molecule has 0 radical (unpaired) electrons. The van der Waals surface area contributed by atoms with Crippen LogP contribution in [-0.2, 0) is 4.79 Å². The maximum absolute atomic E-state index is 13.1. The van der Waals surface area contributed by atoms with Gasteiger partial charge in [0.25, 0.3) is 5.91 Å². The van der Waals surface area contributed by atoms with Gasteiger partial charge in [-0.05, 0) is 49.1 Å². The topological polar surface area (TPSA) is 65.8 Å². The van der Waals surface area contributed by atoms with E-state index in [0.29, 0.717) is 13.1 Å². The maximum Gasteiger partial charge on any atom is 0.287 e. The fourth-order valence-corrected chi connectivity index (χ4v) is 3.58. The maximum atomic E-state index is 13.1. The van der Waals surface area contributed by atoms with E-state index >= 15 is 0 Å². The van der Waals surface area contributed by atoms with Crippen molar-refractivity contribution in [2.45, 2.75) is 33.7 Å². The molecule has 1 aliphatic rings. The third-order valence-corrected chi connectivity index (χ3v) is 5.47. The zero-order valence-electron chi connectivity index (χ0n) is 17.1. The van der Waals surface area contributed by atoms with E-state index in [1.54, 1.807) is 12.1 Å². The van der Waals surface area contributed by atoms with Crippen molar-refractivity contribution in [1.29, 1.82) is 0 Å². The second kappa shape index (κ2) is 8.50. The molecule has 0 spiro atoms. The molecule has 1 N–H and O–H groups in total. The number of nitrogens with zero attached hydrogens (tertiary/aromatic N) is 2. The van der Waals surface area contributed by atoms with Crippen LogP contribution in [0.25, 0.3) is 0 Å². The van der Waals surface area contributed by atoms with Crippen molar-refractivity contribution in [2.24, 2.45) is 5.92 Å². The molecule has 150 valence electrons. The lowest BCUT2D eigenvalue weighted by Gasteiger charge is -2.39. The molecule has 1 fully saturated rings. The second-order valence-electron chi connectivity index (χ2n) is 7.70. The van der Waals surface area contributed by atoms with Gasteiger partial charge in [0.1, 0.15) is 6.04 Å². The highest BCUT2D eigenvalue weighted by molar-refractivity contribution is 5.95. The summed E-state index contributed by atoms with van der Waals surface area (Å²) >= 11 is 0. The number of hydrogen-bond acceptors (Lipinski definition) is 4. The molecule has 6 nitrogen and oxygen atoms in total. The Morgan fingerprint density at radius 1 is 1.04 bits per heavy atom. The van der Waals surface area contributed by atoms with Gasteiger partial charge in [0.15, 0.2) is 5.76 Å². The first-order chi connectivity index (χ1) is 13.4. The molecule has 2 heterocycles. The van der Waals surface area contributed by atoms with Crippen LogP contribution < -0.4 is 10.2 Å². The predicted molar refractivity (Wildman–Crippen MR) is 110 cm³/mol. The molecule has 2 amide bonds. The first kappa shape index (κ1) is 20.0. The first-order valence-corrected chi connectivity index (χ1v) is 9.82. The van der Waals surface area contributed by atoms with Gasteiger partial charge >= 0.3 is 0 Å². The van der Waals surface area contributed by atoms with Crippen LogP contribution in [0.5, 0.6) is 0 Å². The van der Waals surface area contributed by atoms with Gasteiger partial charge in [-0.3, -0.25) is 9.59 Å². The molecule has 1 aliphatic heterocycles. The van der Waals surface area contributed by atoms with Crippen LogP contribution in [0.4, 0.5) is 5.69 Å². The minimum atomic E-state index is -0.565. The van der Waals surface area contributed by atoms with Crippen LogP contribution in [0.15, 0.2) is 41.0 Å². The van der Waals surface area contributed by atoms with Gasteiger partial charge in [0.2, 0.25) is 5.91 Å². The molecule has 0 aliphatic carbocycles. The SMILES string of the molecule is Cc1cccc(N2CCN(C(=O)C(NC(=O)c3ccco3)C(C)C)CC2)c1C. The molecular formula is C22H29N3O3. The summed E-state index contributed by atoms with van der Waals surface area (Å²) < 4.78 is 5.14. The molecule has 1 saturated heterocycles. The van der Waals surface area contributed by atoms with Crippen LogP contribution >= 0.6 is 0 Å². The Hall–Kier alpha value is -2.76. The standard InChI is InChI=1S/C22H29N3O3/c1-15(2)20(23-21(26)19-9-6-14-28-19)22(27)25-12-10-24(11-13-25)18-8-5-7-16(3)17(18)4/h5-9,14-15,20H,10-13H2,1-4H3,(H,23,26). The van der Waals surface area contributed by atoms with E-state index in [1.165, 1.54) is 23.1 Å². The number of anilines is 1. The normalized spacial score (nSPS) is 15.6. The fraction of sp³-hybridized carbons (Fsp3) is 0.455. The first-order valence-electron chi connectivity index (χ1n) is 9.82. The van der Waals surface area contributed by atoms with Gasteiger partial charge in [0, 0.05) is 31.9 Å². The molecule has 6 heteroatoms. The van der Waals surface area contributed by atoms with Crippen molar-refractivity contribution in [3.8, 4) is 0 Å². The van der Waals surface area contributed by atoms with Gasteiger partial charge in [-0.25, -0.2) is 0 Å². The van der Waals surface area contributed by atoms with Crippen LogP contribution in [0.1, 0.15) is 35.5 Å². The molecule has 1 atom stereocenters. The molecule has 0 saturated carbocycles. The zero-order chi connectivity index (χ0) is 20.3. The van der Waals surface area contributed by atoms with Gasteiger partial charge in [0.05, 0.1) is 6.26 Å². The van der Waals surface area contributed by atoms with Gasteiger partial charge < -0.3 is 19.5 Å². The Kier molecular flexibility index (Phi) is 6.07. The largest absolute Gasteiger partial charge is 0.459 e. The van der Waals surface area contributed by atoms with Crippen LogP contribution in [0, 0.1) is 19.8 Å². The molecule has 3 rings (SSSR count). The molecule has 1 unspecified atom stereocenters. The third-order valence-electron chi connectivity index (χ3n) is 5.47. The number of rotatable bonds is 5. The highest BCUT2D eigenvalue weighted by atomic mass is 16.3. The molecule has 2 aromatic rings. The van der Waals surface area contributed by atoms with E-state index in [-0.39, 0.29) is 23.5 Å².